The van der Waals surface area contributed by atoms with Crippen LogP contribution in [-0.2, 0) is 11.2 Å². The van der Waals surface area contributed by atoms with Crippen LogP contribution in [-0.4, -0.2) is 21.0 Å². The molecule has 76 valence electrons. The molecule has 5 heteroatoms. The van der Waals surface area contributed by atoms with Crippen molar-refractivity contribution in [2.24, 2.45) is 0 Å². The minimum Gasteiger partial charge on any atom is -0.481 e. The van der Waals surface area contributed by atoms with Gasteiger partial charge in [0.2, 0.25) is 0 Å². The molecule has 0 aliphatic carbocycles. The molecular formula is C10H7FN2O2. The number of para-hydroxylation sites is 1. The molecule has 0 aliphatic rings. The van der Waals surface area contributed by atoms with E-state index in [-0.39, 0.29) is 17.8 Å². The van der Waals surface area contributed by atoms with Crippen LogP contribution in [0.5, 0.6) is 0 Å². The monoisotopic (exact) mass is 206 g/mol. The fourth-order valence-electron chi connectivity index (χ4n) is 1.28. The fraction of sp³-hybridized carbons (Fsp3) is 0.100. The standard InChI is InChI=1S/C10H7FN2O2/c11-7-3-1-2-6-5-12-8(4-9(14)15)13-10(6)7/h1-3,5H,4H2,(H,14,15). The summed E-state index contributed by atoms with van der Waals surface area (Å²) in [6, 6.07) is 4.50. The van der Waals surface area contributed by atoms with Crippen LogP contribution in [0.25, 0.3) is 10.9 Å². The number of carboxylic acid groups (broad SMARTS) is 1. The molecule has 0 atom stereocenters. The molecule has 0 radical (unpaired) electrons. The van der Waals surface area contributed by atoms with Gasteiger partial charge in [-0.3, -0.25) is 4.79 Å². The zero-order valence-corrected chi connectivity index (χ0v) is 7.64. The van der Waals surface area contributed by atoms with Gasteiger partial charge in [-0.1, -0.05) is 12.1 Å². The Morgan fingerprint density at radius 1 is 1.47 bits per heavy atom. The minimum atomic E-state index is -1.04. The number of rotatable bonds is 2. The Morgan fingerprint density at radius 3 is 3.00 bits per heavy atom. The van der Waals surface area contributed by atoms with E-state index in [1.54, 1.807) is 12.1 Å². The van der Waals surface area contributed by atoms with Crippen molar-refractivity contribution in [1.82, 2.24) is 9.97 Å². The quantitative estimate of drug-likeness (QED) is 0.806. The molecule has 0 saturated heterocycles. The normalized spacial score (nSPS) is 10.5. The number of carboxylic acids is 1. The molecule has 0 unspecified atom stereocenters. The molecule has 15 heavy (non-hydrogen) atoms. The molecule has 1 aromatic carbocycles. The van der Waals surface area contributed by atoms with Crippen LogP contribution in [0, 0.1) is 5.82 Å². The number of aromatic nitrogens is 2. The summed E-state index contributed by atoms with van der Waals surface area (Å²) in [6.45, 7) is 0. The highest BCUT2D eigenvalue weighted by atomic mass is 19.1. The minimum absolute atomic E-state index is 0.111. The average Bonchev–Trinajstić information content (AvgIpc) is 2.18. The van der Waals surface area contributed by atoms with Crippen LogP contribution >= 0.6 is 0 Å². The second-order valence-corrected chi connectivity index (χ2v) is 3.03. The summed E-state index contributed by atoms with van der Waals surface area (Å²) in [5, 5.41) is 9.09. The van der Waals surface area contributed by atoms with Crippen LogP contribution in [0.15, 0.2) is 24.4 Å². The van der Waals surface area contributed by atoms with Crippen LogP contribution in [0.2, 0.25) is 0 Å². The maximum atomic E-state index is 13.3. The van der Waals surface area contributed by atoms with E-state index in [0.29, 0.717) is 5.39 Å². The van der Waals surface area contributed by atoms with Gasteiger partial charge in [0.15, 0.2) is 0 Å². The van der Waals surface area contributed by atoms with E-state index in [1.807, 2.05) is 0 Å². The molecular weight excluding hydrogens is 199 g/mol. The van der Waals surface area contributed by atoms with Crippen molar-refractivity contribution in [3.8, 4) is 0 Å². The maximum absolute atomic E-state index is 13.3. The molecule has 0 bridgehead atoms. The van der Waals surface area contributed by atoms with Crippen LogP contribution < -0.4 is 0 Å². The lowest BCUT2D eigenvalue weighted by Gasteiger charge is -2.00. The predicted octanol–water partition coefficient (Wildman–Crippen LogP) is 1.40. The van der Waals surface area contributed by atoms with Crippen LogP contribution in [0.4, 0.5) is 4.39 Å². The van der Waals surface area contributed by atoms with Crippen molar-refractivity contribution in [2.45, 2.75) is 6.42 Å². The molecule has 1 N–H and O–H groups in total. The van der Waals surface area contributed by atoms with Crippen molar-refractivity contribution in [1.29, 1.82) is 0 Å². The highest BCUT2D eigenvalue weighted by molar-refractivity contribution is 5.78. The highest BCUT2D eigenvalue weighted by Crippen LogP contribution is 2.14. The van der Waals surface area contributed by atoms with Crippen molar-refractivity contribution >= 4 is 16.9 Å². The Balaban J connectivity index is 2.54. The summed E-state index contributed by atoms with van der Waals surface area (Å²) >= 11 is 0. The van der Waals surface area contributed by atoms with E-state index in [9.17, 15) is 9.18 Å². The lowest BCUT2D eigenvalue weighted by atomic mass is 10.2. The molecule has 0 spiro atoms. The summed E-state index contributed by atoms with van der Waals surface area (Å²) in [5.74, 6) is -1.40. The third-order valence-electron chi connectivity index (χ3n) is 1.92. The van der Waals surface area contributed by atoms with Crippen molar-refractivity contribution in [3.05, 3.63) is 36.0 Å². The summed E-state index contributed by atoms with van der Waals surface area (Å²) in [7, 11) is 0. The summed E-state index contributed by atoms with van der Waals surface area (Å²) < 4.78 is 13.3. The van der Waals surface area contributed by atoms with Gasteiger partial charge in [0.25, 0.3) is 0 Å². The largest absolute Gasteiger partial charge is 0.481 e. The van der Waals surface area contributed by atoms with Gasteiger partial charge in [0.05, 0.1) is 0 Å². The summed E-state index contributed by atoms with van der Waals surface area (Å²) in [5.41, 5.74) is 0.156. The first-order chi connectivity index (χ1) is 7.16. The van der Waals surface area contributed by atoms with E-state index in [1.165, 1.54) is 12.3 Å². The molecule has 0 saturated carbocycles. The van der Waals surface area contributed by atoms with Gasteiger partial charge in [-0.25, -0.2) is 14.4 Å². The second-order valence-electron chi connectivity index (χ2n) is 3.03. The van der Waals surface area contributed by atoms with E-state index >= 15 is 0 Å². The number of aliphatic carboxylic acids is 1. The number of nitrogens with zero attached hydrogens (tertiary/aromatic N) is 2. The Bertz CT molecular complexity index is 528. The third kappa shape index (κ3) is 1.90. The maximum Gasteiger partial charge on any atom is 0.311 e. The molecule has 0 fully saturated rings. The van der Waals surface area contributed by atoms with Gasteiger partial charge in [-0.2, -0.15) is 0 Å². The highest BCUT2D eigenvalue weighted by Gasteiger charge is 2.07. The Hall–Kier alpha value is -2.04. The Labute approximate surface area is 84.4 Å². The molecule has 0 amide bonds. The third-order valence-corrected chi connectivity index (χ3v) is 1.92. The summed E-state index contributed by atoms with van der Waals surface area (Å²) in [6.07, 6.45) is 1.12. The van der Waals surface area contributed by atoms with Gasteiger partial charge in [-0.05, 0) is 6.07 Å². The van der Waals surface area contributed by atoms with Gasteiger partial charge in [0.1, 0.15) is 23.6 Å². The van der Waals surface area contributed by atoms with Gasteiger partial charge in [0, 0.05) is 11.6 Å². The van der Waals surface area contributed by atoms with E-state index < -0.39 is 11.8 Å². The van der Waals surface area contributed by atoms with E-state index in [2.05, 4.69) is 9.97 Å². The fourth-order valence-corrected chi connectivity index (χ4v) is 1.28. The number of hydrogen-bond donors (Lipinski definition) is 1. The van der Waals surface area contributed by atoms with Gasteiger partial charge >= 0.3 is 5.97 Å². The number of benzene rings is 1. The number of carbonyl (C=O) groups is 1. The zero-order valence-electron chi connectivity index (χ0n) is 7.64. The number of hydrogen-bond acceptors (Lipinski definition) is 3. The Morgan fingerprint density at radius 2 is 2.27 bits per heavy atom. The summed E-state index contributed by atoms with van der Waals surface area (Å²) in [4.78, 5) is 18.1. The van der Waals surface area contributed by atoms with Crippen molar-refractivity contribution < 1.29 is 14.3 Å². The van der Waals surface area contributed by atoms with Gasteiger partial charge in [-0.15, -0.1) is 0 Å². The van der Waals surface area contributed by atoms with Gasteiger partial charge < -0.3 is 5.11 Å². The first-order valence-corrected chi connectivity index (χ1v) is 4.29. The number of fused-ring (bicyclic) bond motifs is 1. The molecule has 2 aromatic rings. The molecule has 0 aliphatic heterocycles. The SMILES string of the molecule is O=C(O)Cc1ncc2cccc(F)c2n1. The zero-order chi connectivity index (χ0) is 10.8. The van der Waals surface area contributed by atoms with Crippen molar-refractivity contribution in [2.75, 3.05) is 0 Å². The first-order valence-electron chi connectivity index (χ1n) is 4.29. The molecule has 1 heterocycles. The predicted molar refractivity (Wildman–Crippen MR) is 50.8 cm³/mol. The molecule has 4 nitrogen and oxygen atoms in total. The van der Waals surface area contributed by atoms with Crippen LogP contribution in [0.3, 0.4) is 0 Å². The molecule has 2 rings (SSSR count). The first kappa shape index (κ1) is 9.51. The number of halogens is 1. The van der Waals surface area contributed by atoms with Crippen molar-refractivity contribution in [3.63, 3.8) is 0 Å². The Kier molecular flexibility index (Phi) is 2.29. The average molecular weight is 206 g/mol. The van der Waals surface area contributed by atoms with E-state index in [0.717, 1.165) is 0 Å². The topological polar surface area (TPSA) is 63.1 Å². The lowest BCUT2D eigenvalue weighted by Crippen LogP contribution is -2.05. The smallest absolute Gasteiger partial charge is 0.311 e. The van der Waals surface area contributed by atoms with E-state index in [4.69, 9.17) is 5.11 Å². The molecule has 1 aromatic heterocycles. The second kappa shape index (κ2) is 3.61. The van der Waals surface area contributed by atoms with Crippen LogP contribution in [0.1, 0.15) is 5.82 Å². The lowest BCUT2D eigenvalue weighted by molar-refractivity contribution is -0.136.